The largest absolute Gasteiger partial charge is 0.395 e. The molecule has 86 valence electrons. The molecule has 1 aromatic heterocycles. The molecule has 0 aliphatic rings. The molecular weight excluding hydrogens is 210 g/mol. The summed E-state index contributed by atoms with van der Waals surface area (Å²) in [6, 6.07) is 0.192. The van der Waals surface area contributed by atoms with Crippen molar-refractivity contribution in [1.29, 1.82) is 0 Å². The summed E-state index contributed by atoms with van der Waals surface area (Å²) in [5.74, 6) is 1.07. The number of thioether (sulfide) groups is 1. The highest BCUT2D eigenvalue weighted by molar-refractivity contribution is 7.98. The van der Waals surface area contributed by atoms with Crippen LogP contribution in [0, 0.1) is 0 Å². The first-order valence-corrected chi connectivity index (χ1v) is 6.46. The van der Waals surface area contributed by atoms with E-state index in [1.54, 1.807) is 16.4 Å². The van der Waals surface area contributed by atoms with Crippen molar-refractivity contribution in [2.75, 3.05) is 18.6 Å². The van der Waals surface area contributed by atoms with Crippen molar-refractivity contribution in [3.8, 4) is 0 Å². The van der Waals surface area contributed by atoms with Gasteiger partial charge in [-0.05, 0) is 18.4 Å². The lowest BCUT2D eigenvalue weighted by molar-refractivity contribution is 0.239. The van der Waals surface area contributed by atoms with Crippen molar-refractivity contribution in [2.24, 2.45) is 7.05 Å². The predicted molar refractivity (Wildman–Crippen MR) is 63.9 cm³/mol. The summed E-state index contributed by atoms with van der Waals surface area (Å²) in [6.07, 6.45) is 6.90. The van der Waals surface area contributed by atoms with Gasteiger partial charge in [-0.1, -0.05) is 0 Å². The fourth-order valence-electron chi connectivity index (χ4n) is 1.34. The number of aromatic nitrogens is 2. The van der Waals surface area contributed by atoms with Gasteiger partial charge in [-0.15, -0.1) is 0 Å². The average Bonchev–Trinajstić information content (AvgIpc) is 2.65. The van der Waals surface area contributed by atoms with Crippen LogP contribution in [0.4, 0.5) is 0 Å². The molecule has 15 heavy (non-hydrogen) atoms. The summed E-state index contributed by atoms with van der Waals surface area (Å²) in [5.41, 5.74) is 1.15. The molecule has 2 N–H and O–H groups in total. The van der Waals surface area contributed by atoms with Gasteiger partial charge in [-0.25, -0.2) is 0 Å². The Morgan fingerprint density at radius 1 is 1.67 bits per heavy atom. The first kappa shape index (κ1) is 12.5. The van der Waals surface area contributed by atoms with Crippen molar-refractivity contribution < 1.29 is 5.11 Å². The standard InChI is InChI=1S/C10H19N3OS/c1-13-7-9(6-12-13)5-11-10(8-14)3-4-15-2/h6-7,10-11,14H,3-5,8H2,1-2H3. The van der Waals surface area contributed by atoms with Crippen LogP contribution in [-0.4, -0.2) is 39.5 Å². The molecular formula is C10H19N3OS. The van der Waals surface area contributed by atoms with Crippen molar-refractivity contribution in [3.63, 3.8) is 0 Å². The van der Waals surface area contributed by atoms with E-state index in [1.807, 2.05) is 19.4 Å². The lowest BCUT2D eigenvalue weighted by atomic mass is 10.2. The zero-order valence-corrected chi connectivity index (χ0v) is 10.1. The molecule has 1 aromatic rings. The third-order valence-electron chi connectivity index (χ3n) is 2.24. The van der Waals surface area contributed by atoms with E-state index < -0.39 is 0 Å². The van der Waals surface area contributed by atoms with Gasteiger partial charge in [-0.3, -0.25) is 4.68 Å². The molecule has 0 saturated heterocycles. The first-order chi connectivity index (χ1) is 7.26. The molecule has 4 nitrogen and oxygen atoms in total. The van der Waals surface area contributed by atoms with Gasteiger partial charge in [-0.2, -0.15) is 16.9 Å². The van der Waals surface area contributed by atoms with E-state index in [-0.39, 0.29) is 12.6 Å². The second kappa shape index (κ2) is 6.87. The molecule has 0 amide bonds. The van der Waals surface area contributed by atoms with Crippen molar-refractivity contribution in [3.05, 3.63) is 18.0 Å². The Bertz CT molecular complexity index is 277. The number of nitrogens with zero attached hydrogens (tertiary/aromatic N) is 2. The van der Waals surface area contributed by atoms with Gasteiger partial charge in [0.25, 0.3) is 0 Å². The topological polar surface area (TPSA) is 50.1 Å². The summed E-state index contributed by atoms with van der Waals surface area (Å²) < 4.78 is 1.78. The van der Waals surface area contributed by atoms with Crippen LogP contribution in [0.2, 0.25) is 0 Å². The van der Waals surface area contributed by atoms with E-state index in [2.05, 4.69) is 16.7 Å². The van der Waals surface area contributed by atoms with E-state index in [1.165, 1.54) is 0 Å². The van der Waals surface area contributed by atoms with Gasteiger partial charge < -0.3 is 10.4 Å². The number of aryl methyl sites for hydroxylation is 1. The minimum atomic E-state index is 0.192. The van der Waals surface area contributed by atoms with Crippen molar-refractivity contribution in [1.82, 2.24) is 15.1 Å². The minimum absolute atomic E-state index is 0.192. The maximum atomic E-state index is 9.14. The number of aliphatic hydroxyl groups excluding tert-OH is 1. The second-order valence-corrected chi connectivity index (χ2v) is 4.55. The molecule has 0 aliphatic carbocycles. The smallest absolute Gasteiger partial charge is 0.0585 e. The monoisotopic (exact) mass is 229 g/mol. The van der Waals surface area contributed by atoms with Crippen LogP contribution in [0.1, 0.15) is 12.0 Å². The summed E-state index contributed by atoms with van der Waals surface area (Å²) in [7, 11) is 1.90. The lowest BCUT2D eigenvalue weighted by Crippen LogP contribution is -2.32. The van der Waals surface area contributed by atoms with Crippen LogP contribution in [0.3, 0.4) is 0 Å². The van der Waals surface area contributed by atoms with Gasteiger partial charge in [0.1, 0.15) is 0 Å². The number of aliphatic hydroxyl groups is 1. The summed E-state index contributed by atoms with van der Waals surface area (Å²) in [5, 5.41) is 16.6. The second-order valence-electron chi connectivity index (χ2n) is 3.56. The van der Waals surface area contributed by atoms with Gasteiger partial charge in [0.2, 0.25) is 0 Å². The van der Waals surface area contributed by atoms with Gasteiger partial charge >= 0.3 is 0 Å². The number of hydrogen-bond acceptors (Lipinski definition) is 4. The van der Waals surface area contributed by atoms with E-state index in [4.69, 9.17) is 5.11 Å². The molecule has 0 bridgehead atoms. The Morgan fingerprint density at radius 3 is 3.00 bits per heavy atom. The molecule has 1 rings (SSSR count). The number of hydrogen-bond donors (Lipinski definition) is 2. The molecule has 0 radical (unpaired) electrons. The normalized spacial score (nSPS) is 13.0. The Kier molecular flexibility index (Phi) is 5.75. The highest BCUT2D eigenvalue weighted by Gasteiger charge is 2.06. The minimum Gasteiger partial charge on any atom is -0.395 e. The molecule has 1 heterocycles. The molecule has 0 fully saturated rings. The molecule has 0 spiro atoms. The van der Waals surface area contributed by atoms with Gasteiger partial charge in [0.15, 0.2) is 0 Å². The lowest BCUT2D eigenvalue weighted by Gasteiger charge is -2.14. The quantitative estimate of drug-likeness (QED) is 0.720. The molecule has 0 saturated carbocycles. The molecule has 5 heteroatoms. The van der Waals surface area contributed by atoms with E-state index in [0.29, 0.717) is 0 Å². The SMILES string of the molecule is CSCCC(CO)NCc1cnn(C)c1. The Labute approximate surface area is 95.1 Å². The zero-order valence-electron chi connectivity index (χ0n) is 9.31. The third-order valence-corrected chi connectivity index (χ3v) is 2.89. The zero-order chi connectivity index (χ0) is 11.1. The summed E-state index contributed by atoms with van der Waals surface area (Å²) in [6.45, 7) is 0.967. The van der Waals surface area contributed by atoms with E-state index in [0.717, 1.165) is 24.3 Å². The molecule has 0 aliphatic heterocycles. The van der Waals surface area contributed by atoms with E-state index >= 15 is 0 Å². The Balaban J connectivity index is 2.27. The van der Waals surface area contributed by atoms with Crippen LogP contribution in [0.25, 0.3) is 0 Å². The third kappa shape index (κ3) is 4.68. The fraction of sp³-hybridized carbons (Fsp3) is 0.700. The van der Waals surface area contributed by atoms with Crippen LogP contribution in [0.15, 0.2) is 12.4 Å². The Morgan fingerprint density at radius 2 is 2.47 bits per heavy atom. The summed E-state index contributed by atoms with van der Waals surface area (Å²) in [4.78, 5) is 0. The highest BCUT2D eigenvalue weighted by Crippen LogP contribution is 2.02. The van der Waals surface area contributed by atoms with Gasteiger partial charge in [0, 0.05) is 31.4 Å². The van der Waals surface area contributed by atoms with Crippen LogP contribution < -0.4 is 5.32 Å². The van der Waals surface area contributed by atoms with Gasteiger partial charge in [0.05, 0.1) is 12.8 Å². The maximum Gasteiger partial charge on any atom is 0.0585 e. The Hall–Kier alpha value is -0.520. The number of nitrogens with one attached hydrogen (secondary N) is 1. The van der Waals surface area contributed by atoms with Crippen molar-refractivity contribution >= 4 is 11.8 Å². The fourth-order valence-corrected chi connectivity index (χ4v) is 1.86. The average molecular weight is 229 g/mol. The van der Waals surface area contributed by atoms with Crippen LogP contribution >= 0.6 is 11.8 Å². The maximum absolute atomic E-state index is 9.14. The van der Waals surface area contributed by atoms with Crippen LogP contribution in [0.5, 0.6) is 0 Å². The van der Waals surface area contributed by atoms with Crippen molar-refractivity contribution in [2.45, 2.75) is 19.0 Å². The summed E-state index contributed by atoms with van der Waals surface area (Å²) >= 11 is 1.80. The highest BCUT2D eigenvalue weighted by atomic mass is 32.2. The molecule has 1 atom stereocenters. The predicted octanol–water partition coefficient (Wildman–Crippen LogP) is 0.624. The number of rotatable bonds is 7. The first-order valence-electron chi connectivity index (χ1n) is 5.07. The van der Waals surface area contributed by atoms with Crippen LogP contribution in [-0.2, 0) is 13.6 Å². The molecule has 1 unspecified atom stereocenters. The van der Waals surface area contributed by atoms with E-state index in [9.17, 15) is 0 Å². The molecule has 0 aromatic carbocycles.